The predicted molar refractivity (Wildman–Crippen MR) is 375 cm³/mol. The van der Waals surface area contributed by atoms with Gasteiger partial charge in [0.15, 0.2) is 36.2 Å². The number of hydrogen-bond donors (Lipinski definition) is 0. The summed E-state index contributed by atoms with van der Waals surface area (Å²) in [6.07, 6.45) is 8.35. The summed E-state index contributed by atoms with van der Waals surface area (Å²) in [5.74, 6) is 0. The smallest absolute Gasteiger partial charge is 0.201 e. The van der Waals surface area contributed by atoms with Crippen LogP contribution in [0.25, 0.3) is 67.5 Å². The van der Waals surface area contributed by atoms with Crippen LogP contribution >= 0.6 is 0 Å². The first kappa shape index (κ1) is 67.7. The summed E-state index contributed by atoms with van der Waals surface area (Å²) in [5, 5.41) is 0. The van der Waals surface area contributed by atoms with E-state index in [1.807, 2.05) is 0 Å². The number of nitrogens with zero attached hydrogens (tertiary/aromatic N) is 6. The van der Waals surface area contributed by atoms with E-state index in [-0.39, 0.29) is 0 Å². The van der Waals surface area contributed by atoms with Crippen LogP contribution in [0.2, 0.25) is 0 Å². The lowest BCUT2D eigenvalue weighted by Gasteiger charge is -2.07. The maximum absolute atomic E-state index is 2.22. The van der Waals surface area contributed by atoms with E-state index in [1.165, 1.54) is 135 Å². The normalized spacial score (nSPS) is 10.3. The predicted octanol–water partition coefficient (Wildman–Crippen LogP) is 16.8. The Kier molecular flexibility index (Phi) is 24.4. The third-order valence-corrected chi connectivity index (χ3v) is 17.0. The summed E-state index contributed by atoms with van der Waals surface area (Å²) in [7, 11) is 12.6. The Labute approximate surface area is 539 Å². The second-order valence-electron chi connectivity index (χ2n) is 23.7. The molecule has 0 amide bonds. The quantitative estimate of drug-likeness (QED) is 0.148. The number of aryl methyl sites for hydroxylation is 16. The molecule has 12 rings (SSSR count). The van der Waals surface area contributed by atoms with Crippen LogP contribution in [0.4, 0.5) is 0 Å². The third-order valence-electron chi connectivity index (χ3n) is 17.0. The van der Waals surface area contributed by atoms with Crippen molar-refractivity contribution in [3.8, 4) is 67.5 Å². The molecule has 0 radical (unpaired) electrons. The van der Waals surface area contributed by atoms with E-state index in [9.17, 15) is 0 Å². The van der Waals surface area contributed by atoms with Crippen LogP contribution in [0.3, 0.4) is 0 Å². The fourth-order valence-corrected chi connectivity index (χ4v) is 11.6. The molecule has 0 N–H and O–H groups in total. The number of benzene rings is 6. The fourth-order valence-electron chi connectivity index (χ4n) is 11.6. The van der Waals surface area contributed by atoms with Crippen LogP contribution in [0, 0.1) is 83.1 Å². The fraction of sp³-hybridized carbons (Fsp3) is 0.214. The van der Waals surface area contributed by atoms with Crippen LogP contribution in [-0.4, -0.2) is 0 Å². The molecule has 0 aliphatic rings. The zero-order valence-electron chi connectivity index (χ0n) is 56.9. The average Bonchev–Trinajstić information content (AvgIpc) is 2.53. The Bertz CT molecular complexity index is 3820. The van der Waals surface area contributed by atoms with Crippen molar-refractivity contribution in [2.75, 3.05) is 0 Å². The molecule has 0 saturated carbocycles. The third kappa shape index (κ3) is 17.3. The molecule has 6 heterocycles. The Balaban J connectivity index is 0.000000154. The van der Waals surface area contributed by atoms with Gasteiger partial charge < -0.3 is 0 Å². The van der Waals surface area contributed by atoms with Gasteiger partial charge in [-0.25, -0.2) is 18.3 Å². The Morgan fingerprint density at radius 1 is 0.189 bits per heavy atom. The lowest BCUT2D eigenvalue weighted by atomic mass is 9.99. The highest BCUT2D eigenvalue weighted by molar-refractivity contribution is 5.68. The summed E-state index contributed by atoms with van der Waals surface area (Å²) < 4.78 is 13.1. The molecule has 0 aliphatic heterocycles. The lowest BCUT2D eigenvalue weighted by Crippen LogP contribution is -2.34. The van der Waals surface area contributed by atoms with Gasteiger partial charge >= 0.3 is 0 Å². The summed E-state index contributed by atoms with van der Waals surface area (Å²) >= 11 is 0. The molecule has 0 unspecified atom stereocenters. The molecule has 6 nitrogen and oxygen atoms in total. The van der Waals surface area contributed by atoms with Crippen molar-refractivity contribution >= 4 is 0 Å². The van der Waals surface area contributed by atoms with Gasteiger partial charge in [0.05, 0.1) is 11.1 Å². The summed E-state index contributed by atoms with van der Waals surface area (Å²) in [4.78, 5) is 0. The zero-order valence-corrected chi connectivity index (χ0v) is 56.9. The standard InChI is InChI=1S/6C14H16N/c2*1-11-7-6-8-12(2)14(11)13-9-4-5-10-15(13)3;2*1-11-7-4-5-9-13(11)14-12(2)8-6-10-15(14)3;2*1-11-7-4-5-9-13(11)14-10-6-8-12(2)15(14)3/h6*4-10H,1-3H3/q6*+1. The van der Waals surface area contributed by atoms with Crippen LogP contribution < -0.4 is 27.4 Å². The van der Waals surface area contributed by atoms with E-state index in [4.69, 9.17) is 0 Å². The Morgan fingerprint density at radius 2 is 0.433 bits per heavy atom. The van der Waals surface area contributed by atoms with E-state index < -0.39 is 0 Å². The molecule has 6 heteroatoms. The molecular weight excluding hydrogens is 1090 g/mol. The van der Waals surface area contributed by atoms with Gasteiger partial charge in [-0.3, -0.25) is 0 Å². The van der Waals surface area contributed by atoms with Crippen molar-refractivity contribution < 1.29 is 27.4 Å². The first-order valence-electron chi connectivity index (χ1n) is 31.3. The minimum atomic E-state index is 1.27. The van der Waals surface area contributed by atoms with Crippen LogP contribution in [0.1, 0.15) is 67.0 Å². The topological polar surface area (TPSA) is 23.3 Å². The molecule has 0 bridgehead atoms. The molecular formula is C84H96N6+6. The first-order chi connectivity index (χ1) is 43.2. The number of rotatable bonds is 6. The van der Waals surface area contributed by atoms with Crippen molar-refractivity contribution in [1.82, 2.24) is 0 Å². The van der Waals surface area contributed by atoms with Gasteiger partial charge in [0.2, 0.25) is 34.2 Å². The van der Waals surface area contributed by atoms with E-state index in [0.717, 1.165) is 0 Å². The number of pyridine rings is 6. The van der Waals surface area contributed by atoms with Crippen LogP contribution in [-0.2, 0) is 42.3 Å². The maximum atomic E-state index is 2.22. The van der Waals surface area contributed by atoms with Gasteiger partial charge in [-0.2, -0.15) is 9.13 Å². The summed E-state index contributed by atoms with van der Waals surface area (Å²) in [6, 6.07) is 80.7. The summed E-state index contributed by atoms with van der Waals surface area (Å²) in [5.41, 5.74) is 31.4. The molecule has 0 fully saturated rings. The minimum Gasteiger partial charge on any atom is -0.201 e. The monoisotopic (exact) mass is 1190 g/mol. The molecule has 0 aliphatic carbocycles. The molecule has 0 spiro atoms. The van der Waals surface area contributed by atoms with Crippen molar-refractivity contribution in [1.29, 1.82) is 0 Å². The minimum absolute atomic E-state index is 1.27. The molecule has 90 heavy (non-hydrogen) atoms. The molecule has 0 atom stereocenters. The SMILES string of the molecule is Cc1cccc(C)c1-c1cccc[n+]1C.Cc1cccc(C)c1-c1cccc[n+]1C.Cc1ccccc1-c1c(C)ccc[n+]1C.Cc1ccccc1-c1c(C)ccc[n+]1C.Cc1ccccc1-c1cccc(C)[n+]1C.Cc1ccccc1-c1cccc(C)[n+]1C. The Hall–Kier alpha value is -9.78. The lowest BCUT2D eigenvalue weighted by molar-refractivity contribution is -0.666. The van der Waals surface area contributed by atoms with E-state index in [1.54, 1.807) is 0 Å². The van der Waals surface area contributed by atoms with E-state index >= 15 is 0 Å². The van der Waals surface area contributed by atoms with E-state index in [2.05, 4.69) is 408 Å². The molecule has 12 aromatic rings. The van der Waals surface area contributed by atoms with Gasteiger partial charge in [-0.15, -0.1) is 0 Å². The summed E-state index contributed by atoms with van der Waals surface area (Å²) in [6.45, 7) is 25.8. The molecule has 0 saturated heterocycles. The van der Waals surface area contributed by atoms with Crippen LogP contribution in [0.15, 0.2) is 255 Å². The maximum Gasteiger partial charge on any atom is 0.215 e. The number of hydrogen-bond acceptors (Lipinski definition) is 0. The van der Waals surface area contributed by atoms with Gasteiger partial charge in [-0.05, 0) is 174 Å². The van der Waals surface area contributed by atoms with E-state index in [0.29, 0.717) is 0 Å². The van der Waals surface area contributed by atoms with Gasteiger partial charge in [0, 0.05) is 108 Å². The van der Waals surface area contributed by atoms with Crippen molar-refractivity contribution in [2.45, 2.75) is 83.1 Å². The largest absolute Gasteiger partial charge is 0.215 e. The molecule has 6 aromatic carbocycles. The second-order valence-corrected chi connectivity index (χ2v) is 23.7. The second kappa shape index (κ2) is 32.4. The molecule has 456 valence electrons. The molecule has 6 aromatic heterocycles. The van der Waals surface area contributed by atoms with Crippen molar-refractivity contribution in [2.24, 2.45) is 42.3 Å². The average molecular weight is 1190 g/mol. The Morgan fingerprint density at radius 3 is 0.733 bits per heavy atom. The first-order valence-corrected chi connectivity index (χ1v) is 31.3. The van der Waals surface area contributed by atoms with Crippen molar-refractivity contribution in [3.05, 3.63) is 322 Å². The highest BCUT2D eigenvalue weighted by Crippen LogP contribution is 2.27. The highest BCUT2D eigenvalue weighted by atomic mass is 15.0. The van der Waals surface area contributed by atoms with Crippen molar-refractivity contribution in [3.63, 3.8) is 0 Å². The van der Waals surface area contributed by atoms with Crippen LogP contribution in [0.5, 0.6) is 0 Å². The number of aromatic nitrogens is 6. The highest BCUT2D eigenvalue weighted by Gasteiger charge is 2.19. The van der Waals surface area contributed by atoms with Gasteiger partial charge in [-0.1, -0.05) is 109 Å². The van der Waals surface area contributed by atoms with Gasteiger partial charge in [0.1, 0.15) is 42.3 Å². The van der Waals surface area contributed by atoms with Gasteiger partial charge in [0.25, 0.3) is 0 Å². The zero-order chi connectivity index (χ0) is 65.0.